The molecule has 1 saturated heterocycles. The van der Waals surface area contributed by atoms with Gasteiger partial charge in [0.1, 0.15) is 0 Å². The van der Waals surface area contributed by atoms with Crippen molar-refractivity contribution >= 4 is 45.8 Å². The summed E-state index contributed by atoms with van der Waals surface area (Å²) in [6.07, 6.45) is 2.47. The van der Waals surface area contributed by atoms with Gasteiger partial charge in [-0.3, -0.25) is 19.9 Å². The van der Waals surface area contributed by atoms with Gasteiger partial charge in [0.25, 0.3) is 0 Å². The van der Waals surface area contributed by atoms with Crippen LogP contribution in [0.4, 0.5) is 0 Å². The van der Waals surface area contributed by atoms with Gasteiger partial charge in [0, 0.05) is 11.6 Å². The summed E-state index contributed by atoms with van der Waals surface area (Å²) >= 11 is 6.55. The summed E-state index contributed by atoms with van der Waals surface area (Å²) in [6, 6.07) is 0. The smallest absolute Gasteiger partial charge is 0.236 e. The lowest BCUT2D eigenvalue weighted by molar-refractivity contribution is -0.166. The van der Waals surface area contributed by atoms with Crippen LogP contribution >= 0.6 is 24.0 Å². The number of fused-ring (bicyclic) bond motifs is 2. The third kappa shape index (κ3) is 3.77. The number of carbonyl (C=O) groups excluding carboxylic acids is 2. The van der Waals surface area contributed by atoms with Gasteiger partial charge in [0.2, 0.25) is 11.8 Å². The van der Waals surface area contributed by atoms with E-state index in [1.807, 2.05) is 27.7 Å². The van der Waals surface area contributed by atoms with Gasteiger partial charge < -0.3 is 0 Å². The zero-order valence-electron chi connectivity index (χ0n) is 16.0. The predicted molar refractivity (Wildman–Crippen MR) is 107 cm³/mol. The van der Waals surface area contributed by atoms with Gasteiger partial charge in [-0.2, -0.15) is 5.10 Å². The maximum Gasteiger partial charge on any atom is 0.236 e. The number of hydrogen-bond acceptors (Lipinski definition) is 5. The Morgan fingerprint density at radius 2 is 2.04 bits per heavy atom. The maximum absolute atomic E-state index is 12.9. The van der Waals surface area contributed by atoms with Gasteiger partial charge >= 0.3 is 0 Å². The minimum absolute atomic E-state index is 0.0558. The summed E-state index contributed by atoms with van der Waals surface area (Å²) in [5.74, 6) is 0.592. The van der Waals surface area contributed by atoms with Crippen LogP contribution in [0.15, 0.2) is 5.10 Å². The maximum atomic E-state index is 12.9. The van der Waals surface area contributed by atoms with E-state index in [1.54, 1.807) is 0 Å². The molecule has 2 bridgehead atoms. The lowest BCUT2D eigenvalue weighted by Gasteiger charge is -2.47. The van der Waals surface area contributed by atoms with Gasteiger partial charge in [0.15, 0.2) is 4.32 Å². The number of hydrazone groups is 1. The number of thiocarbonyl (C=S) groups is 1. The molecule has 1 heterocycles. The molecule has 2 aliphatic rings. The summed E-state index contributed by atoms with van der Waals surface area (Å²) in [4.78, 5) is 27.1. The molecule has 0 aromatic carbocycles. The highest BCUT2D eigenvalue weighted by atomic mass is 32.2. The number of likely N-dealkylation sites (tertiary alicyclic amines) is 1. The number of carbonyl (C=O) groups is 2. The molecule has 5 nitrogen and oxygen atoms in total. The first-order valence-electron chi connectivity index (χ1n) is 8.82. The Morgan fingerprint density at radius 3 is 2.64 bits per heavy atom. The number of amides is 2. The fourth-order valence-corrected chi connectivity index (χ4v) is 4.76. The second kappa shape index (κ2) is 7.35. The fraction of sp³-hybridized carbons (Fsp3) is 0.778. The summed E-state index contributed by atoms with van der Waals surface area (Å²) in [5, 5.41) is 4.26. The minimum Gasteiger partial charge on any atom is -0.274 e. The molecule has 1 saturated carbocycles. The van der Waals surface area contributed by atoms with Gasteiger partial charge in [-0.25, -0.2) is 0 Å². The zero-order chi connectivity index (χ0) is 19.0. The molecule has 0 unspecified atom stereocenters. The van der Waals surface area contributed by atoms with Crippen LogP contribution in [0.1, 0.15) is 60.8 Å². The van der Waals surface area contributed by atoms with Gasteiger partial charge in [-0.15, -0.1) is 0 Å². The molecular weight excluding hydrogens is 354 g/mol. The molecule has 2 amide bonds. The van der Waals surface area contributed by atoms with Gasteiger partial charge in [-0.1, -0.05) is 58.6 Å². The van der Waals surface area contributed by atoms with E-state index in [1.165, 1.54) is 16.7 Å². The Bertz CT molecular complexity index is 615. The Hall–Kier alpha value is -0.950. The highest BCUT2D eigenvalue weighted by molar-refractivity contribution is 8.22. The molecule has 1 aliphatic carbocycles. The third-order valence-corrected chi connectivity index (χ3v) is 7.06. The van der Waals surface area contributed by atoms with Gasteiger partial charge in [0.05, 0.1) is 11.3 Å². The van der Waals surface area contributed by atoms with E-state index in [9.17, 15) is 9.59 Å². The third-order valence-electron chi connectivity index (χ3n) is 5.87. The first-order chi connectivity index (χ1) is 11.5. The van der Waals surface area contributed by atoms with Crippen LogP contribution in [0.2, 0.25) is 0 Å². The number of rotatable bonds is 5. The largest absolute Gasteiger partial charge is 0.274 e. The summed E-state index contributed by atoms with van der Waals surface area (Å²) < 4.78 is 0.478. The van der Waals surface area contributed by atoms with E-state index in [0.717, 1.165) is 25.0 Å². The standard InChI is InChI=1S/C18H29N3O2S2/c1-11(2)9-12(3)19-20-16(24)25-10-21-14(22)13-7-8-18(6,15(21)23)17(13,4)5/h11,13H,7-10H2,1-6H3,(H,20,24)/b19-12+/t13-,18+/m0/s1. The summed E-state index contributed by atoms with van der Waals surface area (Å²) in [5.41, 5.74) is 3.09. The first-order valence-corrected chi connectivity index (χ1v) is 10.2. The number of piperidine rings is 1. The molecule has 2 rings (SSSR count). The average molecular weight is 384 g/mol. The summed E-state index contributed by atoms with van der Waals surface area (Å²) in [7, 11) is 0. The molecule has 0 radical (unpaired) electrons. The fourth-order valence-electron chi connectivity index (χ4n) is 3.96. The number of nitrogens with zero attached hydrogens (tertiary/aromatic N) is 2. The highest BCUT2D eigenvalue weighted by Gasteiger charge is 2.64. The van der Waals surface area contributed by atoms with E-state index in [-0.39, 0.29) is 29.0 Å². The molecule has 1 N–H and O–H groups in total. The number of nitrogens with one attached hydrogen (secondary N) is 1. The Balaban J connectivity index is 1.97. The predicted octanol–water partition coefficient (Wildman–Crippen LogP) is 3.78. The zero-order valence-corrected chi connectivity index (χ0v) is 17.6. The van der Waals surface area contributed by atoms with Crippen LogP contribution in [-0.2, 0) is 9.59 Å². The SMILES string of the molecule is C/C(CC(C)C)=N\NC(=S)SCN1C(=O)[C@@H]2CC[C@](C)(C1=O)C2(C)C. The lowest BCUT2D eigenvalue weighted by Crippen LogP contribution is -2.58. The Labute approximate surface area is 160 Å². The molecule has 140 valence electrons. The van der Waals surface area contributed by atoms with E-state index < -0.39 is 5.41 Å². The van der Waals surface area contributed by atoms with Gasteiger partial charge in [-0.05, 0) is 37.5 Å². The topological polar surface area (TPSA) is 61.8 Å². The summed E-state index contributed by atoms with van der Waals surface area (Å²) in [6.45, 7) is 12.3. The van der Waals surface area contributed by atoms with Crippen LogP contribution in [0.3, 0.4) is 0 Å². The Morgan fingerprint density at radius 1 is 1.40 bits per heavy atom. The van der Waals surface area contributed by atoms with Crippen molar-refractivity contribution in [1.29, 1.82) is 0 Å². The highest BCUT2D eigenvalue weighted by Crippen LogP contribution is 2.60. The molecule has 1 aliphatic heterocycles. The van der Waals surface area contributed by atoms with Crippen LogP contribution < -0.4 is 5.43 Å². The van der Waals surface area contributed by atoms with Crippen molar-refractivity contribution in [3.63, 3.8) is 0 Å². The van der Waals surface area contributed by atoms with Crippen LogP contribution in [-0.4, -0.2) is 32.6 Å². The molecule has 2 fully saturated rings. The van der Waals surface area contributed by atoms with Crippen molar-refractivity contribution < 1.29 is 9.59 Å². The lowest BCUT2D eigenvalue weighted by atomic mass is 9.62. The molecule has 7 heteroatoms. The first kappa shape index (κ1) is 20.4. The van der Waals surface area contributed by atoms with Crippen molar-refractivity contribution in [2.24, 2.45) is 27.8 Å². The second-order valence-corrected chi connectivity index (χ2v) is 9.96. The van der Waals surface area contributed by atoms with Crippen molar-refractivity contribution in [2.45, 2.75) is 60.8 Å². The molecule has 0 aromatic heterocycles. The number of hydrogen-bond donors (Lipinski definition) is 1. The number of thioether (sulfide) groups is 1. The molecular formula is C18H29N3O2S2. The van der Waals surface area contributed by atoms with E-state index >= 15 is 0 Å². The van der Waals surface area contributed by atoms with Crippen molar-refractivity contribution in [1.82, 2.24) is 10.3 Å². The Kier molecular flexibility index (Phi) is 5.99. The van der Waals surface area contributed by atoms with E-state index in [4.69, 9.17) is 12.2 Å². The average Bonchev–Trinajstić information content (AvgIpc) is 2.69. The van der Waals surface area contributed by atoms with E-state index in [2.05, 4.69) is 24.4 Å². The van der Waals surface area contributed by atoms with E-state index in [0.29, 0.717) is 10.2 Å². The molecule has 0 spiro atoms. The second-order valence-electron chi connectivity index (χ2n) is 8.33. The van der Waals surface area contributed by atoms with Crippen LogP contribution in [0.5, 0.6) is 0 Å². The van der Waals surface area contributed by atoms with Crippen LogP contribution in [0, 0.1) is 22.7 Å². The number of imide groups is 1. The van der Waals surface area contributed by atoms with Crippen molar-refractivity contribution in [3.05, 3.63) is 0 Å². The normalized spacial score (nSPS) is 28.7. The molecule has 25 heavy (non-hydrogen) atoms. The minimum atomic E-state index is -0.465. The monoisotopic (exact) mass is 383 g/mol. The van der Waals surface area contributed by atoms with Crippen molar-refractivity contribution in [3.8, 4) is 0 Å². The van der Waals surface area contributed by atoms with Crippen LogP contribution in [0.25, 0.3) is 0 Å². The van der Waals surface area contributed by atoms with Crippen molar-refractivity contribution in [2.75, 3.05) is 5.88 Å². The quantitative estimate of drug-likeness (QED) is 0.339. The molecule has 0 aromatic rings. The molecule has 2 atom stereocenters.